The molecule has 1 heterocycles. The predicted molar refractivity (Wildman–Crippen MR) is 74.3 cm³/mol. The van der Waals surface area contributed by atoms with Crippen LogP contribution in [0.1, 0.15) is 15.9 Å². The van der Waals surface area contributed by atoms with E-state index in [9.17, 15) is 14.3 Å². The Labute approximate surface area is 115 Å². The summed E-state index contributed by atoms with van der Waals surface area (Å²) in [4.78, 5) is 13.9. The first kappa shape index (κ1) is 12.5. The van der Waals surface area contributed by atoms with Gasteiger partial charge in [0.25, 0.3) is 5.91 Å². The van der Waals surface area contributed by atoms with Crippen molar-refractivity contribution >= 4 is 17.3 Å². The number of carbonyl (C=O) groups is 1. The number of phenolic OH excluding ortho intramolecular Hbond substituents is 1. The molecule has 1 aliphatic heterocycles. The third-order valence-electron chi connectivity index (χ3n) is 3.43. The summed E-state index contributed by atoms with van der Waals surface area (Å²) in [6.45, 7) is 0.498. The number of amides is 1. The van der Waals surface area contributed by atoms with E-state index in [1.54, 1.807) is 12.1 Å². The molecule has 0 aliphatic carbocycles. The van der Waals surface area contributed by atoms with Crippen molar-refractivity contribution in [2.75, 3.05) is 17.2 Å². The van der Waals surface area contributed by atoms with Gasteiger partial charge in [-0.1, -0.05) is 6.07 Å². The monoisotopic (exact) mass is 272 g/mol. The van der Waals surface area contributed by atoms with E-state index < -0.39 is 11.7 Å². The molecule has 4 nitrogen and oxygen atoms in total. The average molecular weight is 272 g/mol. The van der Waals surface area contributed by atoms with Crippen molar-refractivity contribution in [2.24, 2.45) is 0 Å². The number of nitrogens with two attached hydrogens (primary N) is 1. The molecule has 5 heteroatoms. The quantitative estimate of drug-likeness (QED) is 0.783. The van der Waals surface area contributed by atoms with Crippen molar-refractivity contribution in [1.82, 2.24) is 0 Å². The van der Waals surface area contributed by atoms with E-state index in [-0.39, 0.29) is 11.3 Å². The molecule has 0 spiro atoms. The lowest BCUT2D eigenvalue weighted by Crippen LogP contribution is -2.29. The lowest BCUT2D eigenvalue weighted by molar-refractivity contribution is 0.0985. The van der Waals surface area contributed by atoms with Crippen LogP contribution in [0.3, 0.4) is 0 Å². The van der Waals surface area contributed by atoms with Gasteiger partial charge in [-0.15, -0.1) is 0 Å². The molecular formula is C15H13FN2O2. The highest BCUT2D eigenvalue weighted by Gasteiger charge is 2.27. The highest BCUT2D eigenvalue weighted by molar-refractivity contribution is 6.07. The Kier molecular flexibility index (Phi) is 2.82. The van der Waals surface area contributed by atoms with Crippen LogP contribution >= 0.6 is 0 Å². The summed E-state index contributed by atoms with van der Waals surface area (Å²) in [6.07, 6.45) is 0.723. The van der Waals surface area contributed by atoms with E-state index in [1.807, 2.05) is 6.07 Å². The molecule has 1 aliphatic rings. The largest absolute Gasteiger partial charge is 0.508 e. The van der Waals surface area contributed by atoms with Crippen LogP contribution in [0.15, 0.2) is 36.4 Å². The van der Waals surface area contributed by atoms with Gasteiger partial charge in [-0.25, -0.2) is 4.39 Å². The fourth-order valence-corrected chi connectivity index (χ4v) is 2.43. The van der Waals surface area contributed by atoms with E-state index in [1.165, 1.54) is 17.0 Å². The minimum absolute atomic E-state index is 0.0573. The van der Waals surface area contributed by atoms with Gasteiger partial charge in [0.05, 0.1) is 5.56 Å². The van der Waals surface area contributed by atoms with E-state index >= 15 is 0 Å². The molecule has 2 aromatic carbocycles. The Balaban J connectivity index is 1.99. The number of benzene rings is 2. The summed E-state index contributed by atoms with van der Waals surface area (Å²) in [7, 11) is 0. The summed E-state index contributed by atoms with van der Waals surface area (Å²) in [6, 6.07) is 8.91. The lowest BCUT2D eigenvalue weighted by atomic mass is 10.1. The van der Waals surface area contributed by atoms with Gasteiger partial charge in [0.2, 0.25) is 0 Å². The third kappa shape index (κ3) is 1.97. The molecule has 0 saturated heterocycles. The van der Waals surface area contributed by atoms with Crippen LogP contribution in [0.25, 0.3) is 0 Å². The second-order valence-corrected chi connectivity index (χ2v) is 4.76. The number of anilines is 2. The number of hydrogen-bond acceptors (Lipinski definition) is 3. The Morgan fingerprint density at radius 1 is 1.25 bits per heavy atom. The Bertz CT molecular complexity index is 700. The summed E-state index contributed by atoms with van der Waals surface area (Å²) in [5.41, 5.74) is 7.99. The summed E-state index contributed by atoms with van der Waals surface area (Å²) in [5.74, 6) is -1.36. The third-order valence-corrected chi connectivity index (χ3v) is 3.43. The molecule has 0 bridgehead atoms. The molecule has 0 fully saturated rings. The molecular weight excluding hydrogens is 259 g/mol. The Hall–Kier alpha value is -2.56. The maximum Gasteiger partial charge on any atom is 0.261 e. The van der Waals surface area contributed by atoms with Gasteiger partial charge in [-0.05, 0) is 36.2 Å². The minimum atomic E-state index is -0.729. The van der Waals surface area contributed by atoms with E-state index in [0.717, 1.165) is 23.7 Å². The second kappa shape index (κ2) is 4.52. The van der Waals surface area contributed by atoms with Crippen LogP contribution < -0.4 is 10.6 Å². The van der Waals surface area contributed by atoms with Gasteiger partial charge < -0.3 is 15.7 Å². The van der Waals surface area contributed by atoms with Crippen LogP contribution in [0.5, 0.6) is 5.75 Å². The number of halogens is 1. The SMILES string of the molecule is Nc1ccc2c(c1)N(C(=O)c1ccc(O)cc1F)CC2. The summed E-state index contributed by atoms with van der Waals surface area (Å²) >= 11 is 0. The smallest absolute Gasteiger partial charge is 0.261 e. The maximum atomic E-state index is 13.8. The number of fused-ring (bicyclic) bond motifs is 1. The lowest BCUT2D eigenvalue weighted by Gasteiger charge is -2.18. The van der Waals surface area contributed by atoms with Crippen LogP contribution in [-0.4, -0.2) is 17.6 Å². The van der Waals surface area contributed by atoms with Crippen LogP contribution in [0.4, 0.5) is 15.8 Å². The average Bonchev–Trinajstić information content (AvgIpc) is 2.81. The highest BCUT2D eigenvalue weighted by atomic mass is 19.1. The first-order valence-corrected chi connectivity index (χ1v) is 6.25. The zero-order valence-electron chi connectivity index (χ0n) is 10.6. The van der Waals surface area contributed by atoms with Crippen molar-refractivity contribution in [2.45, 2.75) is 6.42 Å². The van der Waals surface area contributed by atoms with Gasteiger partial charge in [-0.3, -0.25) is 4.79 Å². The molecule has 3 rings (SSSR count). The molecule has 0 saturated carbocycles. The molecule has 0 unspecified atom stereocenters. The van der Waals surface area contributed by atoms with Gasteiger partial charge in [0.1, 0.15) is 11.6 Å². The first-order valence-electron chi connectivity index (χ1n) is 6.25. The van der Waals surface area contributed by atoms with E-state index in [0.29, 0.717) is 12.2 Å². The molecule has 0 atom stereocenters. The predicted octanol–water partition coefficient (Wildman–Crippen LogP) is 2.32. The number of rotatable bonds is 1. The van der Waals surface area contributed by atoms with Crippen LogP contribution in [-0.2, 0) is 6.42 Å². The molecule has 2 aromatic rings. The maximum absolute atomic E-state index is 13.8. The topological polar surface area (TPSA) is 66.6 Å². The minimum Gasteiger partial charge on any atom is -0.508 e. The fraction of sp³-hybridized carbons (Fsp3) is 0.133. The van der Waals surface area contributed by atoms with Gasteiger partial charge in [-0.2, -0.15) is 0 Å². The number of phenols is 1. The van der Waals surface area contributed by atoms with Crippen molar-refractivity contribution in [3.63, 3.8) is 0 Å². The van der Waals surface area contributed by atoms with Crippen molar-refractivity contribution in [3.8, 4) is 5.75 Å². The van der Waals surface area contributed by atoms with Crippen LogP contribution in [0, 0.1) is 5.82 Å². The number of aromatic hydroxyl groups is 1. The van der Waals surface area contributed by atoms with Gasteiger partial charge >= 0.3 is 0 Å². The number of carbonyl (C=O) groups excluding carboxylic acids is 1. The molecule has 20 heavy (non-hydrogen) atoms. The molecule has 0 radical (unpaired) electrons. The highest BCUT2D eigenvalue weighted by Crippen LogP contribution is 2.31. The van der Waals surface area contributed by atoms with Gasteiger partial charge in [0, 0.05) is 24.0 Å². The number of nitrogens with zero attached hydrogens (tertiary/aromatic N) is 1. The molecule has 102 valence electrons. The Morgan fingerprint density at radius 3 is 2.80 bits per heavy atom. The number of nitrogen functional groups attached to an aromatic ring is 1. The normalized spacial score (nSPS) is 13.3. The second-order valence-electron chi connectivity index (χ2n) is 4.76. The molecule has 1 amide bonds. The Morgan fingerprint density at radius 2 is 2.05 bits per heavy atom. The molecule has 0 aromatic heterocycles. The zero-order chi connectivity index (χ0) is 14.3. The zero-order valence-corrected chi connectivity index (χ0v) is 10.6. The number of hydrogen-bond donors (Lipinski definition) is 2. The molecule has 3 N–H and O–H groups in total. The van der Waals surface area contributed by atoms with E-state index in [4.69, 9.17) is 5.73 Å². The van der Waals surface area contributed by atoms with Crippen molar-refractivity contribution < 1.29 is 14.3 Å². The van der Waals surface area contributed by atoms with E-state index in [2.05, 4.69) is 0 Å². The van der Waals surface area contributed by atoms with Gasteiger partial charge in [0.15, 0.2) is 0 Å². The van der Waals surface area contributed by atoms with Crippen molar-refractivity contribution in [3.05, 3.63) is 53.3 Å². The standard InChI is InChI=1S/C15H13FN2O2/c16-13-8-11(19)3-4-12(13)15(20)18-6-5-9-1-2-10(17)7-14(9)18/h1-4,7-8,19H,5-6,17H2. The fourth-order valence-electron chi connectivity index (χ4n) is 2.43. The first-order chi connectivity index (χ1) is 9.56. The summed E-state index contributed by atoms with van der Waals surface area (Å²) < 4.78 is 13.8. The summed E-state index contributed by atoms with van der Waals surface area (Å²) in [5, 5.41) is 9.20. The van der Waals surface area contributed by atoms with Crippen LogP contribution in [0.2, 0.25) is 0 Å². The van der Waals surface area contributed by atoms with Crippen molar-refractivity contribution in [1.29, 1.82) is 0 Å².